The standard InChI is InChI=1S/C16H22N2OS2/c1-3-9-17-10-15-14(11-19-2)18-16(21-15)12-20-13-7-5-4-6-8-13/h4-8,17H,3,9-12H2,1-2H3. The molecule has 21 heavy (non-hydrogen) atoms. The highest BCUT2D eigenvalue weighted by atomic mass is 32.2. The van der Waals surface area contributed by atoms with Gasteiger partial charge in [0.2, 0.25) is 0 Å². The number of thiazole rings is 1. The number of rotatable bonds is 9. The lowest BCUT2D eigenvalue weighted by atomic mass is 10.3. The van der Waals surface area contributed by atoms with Crippen molar-refractivity contribution in [3.8, 4) is 0 Å². The first kappa shape index (κ1) is 16.5. The van der Waals surface area contributed by atoms with E-state index in [2.05, 4.69) is 36.5 Å². The number of nitrogens with zero attached hydrogens (tertiary/aromatic N) is 1. The van der Waals surface area contributed by atoms with Gasteiger partial charge in [0.05, 0.1) is 18.1 Å². The lowest BCUT2D eigenvalue weighted by molar-refractivity contribution is 0.181. The van der Waals surface area contributed by atoms with E-state index in [9.17, 15) is 0 Å². The number of benzene rings is 1. The summed E-state index contributed by atoms with van der Waals surface area (Å²) in [7, 11) is 1.72. The molecule has 0 aliphatic rings. The third kappa shape index (κ3) is 5.43. The number of nitrogens with one attached hydrogen (secondary N) is 1. The summed E-state index contributed by atoms with van der Waals surface area (Å²) in [5, 5.41) is 4.62. The van der Waals surface area contributed by atoms with Crippen LogP contribution in [0, 0.1) is 0 Å². The highest BCUT2D eigenvalue weighted by molar-refractivity contribution is 7.98. The van der Waals surface area contributed by atoms with E-state index in [-0.39, 0.29) is 0 Å². The first-order valence-electron chi connectivity index (χ1n) is 7.18. The normalized spacial score (nSPS) is 11.0. The second kappa shape index (κ2) is 9.20. The average molecular weight is 322 g/mol. The predicted molar refractivity (Wildman–Crippen MR) is 90.8 cm³/mol. The Morgan fingerprint density at radius 3 is 2.81 bits per heavy atom. The molecule has 1 aromatic carbocycles. The Bertz CT molecular complexity index is 528. The van der Waals surface area contributed by atoms with Gasteiger partial charge in [-0.15, -0.1) is 23.1 Å². The van der Waals surface area contributed by atoms with E-state index in [0.29, 0.717) is 6.61 Å². The molecule has 0 spiro atoms. The largest absolute Gasteiger partial charge is 0.378 e. The third-order valence-electron chi connectivity index (χ3n) is 2.92. The zero-order valence-electron chi connectivity index (χ0n) is 12.6. The fourth-order valence-corrected chi connectivity index (χ4v) is 3.88. The molecule has 0 fully saturated rings. The molecular formula is C16H22N2OS2. The second-order valence-electron chi connectivity index (χ2n) is 4.69. The summed E-state index contributed by atoms with van der Waals surface area (Å²) in [5.74, 6) is 0.916. The molecule has 3 nitrogen and oxygen atoms in total. The maximum absolute atomic E-state index is 5.26. The highest BCUT2D eigenvalue weighted by Gasteiger charge is 2.11. The first-order valence-corrected chi connectivity index (χ1v) is 8.98. The van der Waals surface area contributed by atoms with E-state index >= 15 is 0 Å². The SMILES string of the molecule is CCCNCc1sc(CSc2ccccc2)nc1COC. The number of aromatic nitrogens is 1. The molecule has 0 aliphatic carbocycles. The van der Waals surface area contributed by atoms with E-state index in [1.165, 1.54) is 14.8 Å². The van der Waals surface area contributed by atoms with Crippen LogP contribution in [-0.4, -0.2) is 18.6 Å². The molecule has 0 amide bonds. The molecule has 2 aromatic rings. The Hall–Kier alpha value is -0.880. The molecule has 0 atom stereocenters. The maximum Gasteiger partial charge on any atom is 0.104 e. The summed E-state index contributed by atoms with van der Waals surface area (Å²) in [6, 6.07) is 10.5. The van der Waals surface area contributed by atoms with Crippen LogP contribution in [0.3, 0.4) is 0 Å². The van der Waals surface area contributed by atoms with Crippen LogP contribution < -0.4 is 5.32 Å². The van der Waals surface area contributed by atoms with Gasteiger partial charge >= 0.3 is 0 Å². The van der Waals surface area contributed by atoms with Crippen molar-refractivity contribution in [1.29, 1.82) is 0 Å². The molecule has 0 saturated heterocycles. The summed E-state index contributed by atoms with van der Waals surface area (Å²) < 4.78 is 5.26. The van der Waals surface area contributed by atoms with Crippen molar-refractivity contribution in [2.45, 2.75) is 37.1 Å². The number of thioether (sulfide) groups is 1. The summed E-state index contributed by atoms with van der Waals surface area (Å²) in [4.78, 5) is 7.31. The van der Waals surface area contributed by atoms with Crippen LogP contribution in [0.15, 0.2) is 35.2 Å². The van der Waals surface area contributed by atoms with E-state index in [0.717, 1.165) is 31.0 Å². The van der Waals surface area contributed by atoms with Crippen molar-refractivity contribution in [2.75, 3.05) is 13.7 Å². The van der Waals surface area contributed by atoms with Crippen molar-refractivity contribution < 1.29 is 4.74 Å². The molecule has 1 N–H and O–H groups in total. The van der Waals surface area contributed by atoms with Crippen molar-refractivity contribution in [3.63, 3.8) is 0 Å². The average Bonchev–Trinajstić information content (AvgIpc) is 2.89. The van der Waals surface area contributed by atoms with Crippen LogP contribution in [-0.2, 0) is 23.6 Å². The van der Waals surface area contributed by atoms with Crippen molar-refractivity contribution in [1.82, 2.24) is 10.3 Å². The molecule has 0 bridgehead atoms. The van der Waals surface area contributed by atoms with Crippen LogP contribution in [0.4, 0.5) is 0 Å². The molecule has 0 aliphatic heterocycles. The van der Waals surface area contributed by atoms with E-state index in [1.807, 2.05) is 17.8 Å². The molecule has 0 unspecified atom stereocenters. The molecule has 5 heteroatoms. The monoisotopic (exact) mass is 322 g/mol. The number of ether oxygens (including phenoxy) is 1. The molecule has 114 valence electrons. The van der Waals surface area contributed by atoms with Crippen LogP contribution in [0.2, 0.25) is 0 Å². The second-order valence-corrected chi connectivity index (χ2v) is 6.91. The minimum absolute atomic E-state index is 0.593. The van der Waals surface area contributed by atoms with Gasteiger partial charge in [0, 0.05) is 23.4 Å². The quantitative estimate of drug-likeness (QED) is 0.557. The summed E-state index contributed by atoms with van der Waals surface area (Å²) in [6.07, 6.45) is 1.15. The van der Waals surface area contributed by atoms with Crippen molar-refractivity contribution in [2.24, 2.45) is 0 Å². The van der Waals surface area contributed by atoms with Gasteiger partial charge in [0.1, 0.15) is 5.01 Å². The minimum atomic E-state index is 0.593. The van der Waals surface area contributed by atoms with Gasteiger partial charge < -0.3 is 10.1 Å². The number of hydrogen-bond donors (Lipinski definition) is 1. The van der Waals surface area contributed by atoms with Crippen LogP contribution in [0.1, 0.15) is 28.9 Å². The molecular weight excluding hydrogens is 300 g/mol. The minimum Gasteiger partial charge on any atom is -0.378 e. The zero-order valence-corrected chi connectivity index (χ0v) is 14.2. The molecule has 1 heterocycles. The number of methoxy groups -OCH3 is 1. The number of hydrogen-bond acceptors (Lipinski definition) is 5. The van der Waals surface area contributed by atoms with Gasteiger partial charge in [-0.3, -0.25) is 0 Å². The molecule has 0 radical (unpaired) electrons. The fraction of sp³-hybridized carbons (Fsp3) is 0.438. The topological polar surface area (TPSA) is 34.2 Å². The molecule has 0 saturated carbocycles. The Kier molecular flexibility index (Phi) is 7.23. The van der Waals surface area contributed by atoms with Gasteiger partial charge in [0.15, 0.2) is 0 Å². The Morgan fingerprint density at radius 2 is 2.10 bits per heavy atom. The van der Waals surface area contributed by atoms with E-state index in [1.54, 1.807) is 18.4 Å². The molecule has 2 rings (SSSR count). The lowest BCUT2D eigenvalue weighted by Gasteiger charge is -2.02. The van der Waals surface area contributed by atoms with Crippen molar-refractivity contribution in [3.05, 3.63) is 45.9 Å². The highest BCUT2D eigenvalue weighted by Crippen LogP contribution is 2.27. The van der Waals surface area contributed by atoms with E-state index in [4.69, 9.17) is 9.72 Å². The predicted octanol–water partition coefficient (Wildman–Crippen LogP) is 4.08. The van der Waals surface area contributed by atoms with E-state index < -0.39 is 0 Å². The smallest absolute Gasteiger partial charge is 0.104 e. The van der Waals surface area contributed by atoms with Gasteiger partial charge in [0.25, 0.3) is 0 Å². The summed E-state index contributed by atoms with van der Waals surface area (Å²) in [5.41, 5.74) is 1.08. The summed E-state index contributed by atoms with van der Waals surface area (Å²) in [6.45, 7) is 4.70. The van der Waals surface area contributed by atoms with Gasteiger partial charge in [-0.05, 0) is 25.1 Å². The maximum atomic E-state index is 5.26. The Labute approximate surface area is 135 Å². The first-order chi connectivity index (χ1) is 10.3. The summed E-state index contributed by atoms with van der Waals surface area (Å²) >= 11 is 3.62. The van der Waals surface area contributed by atoms with Crippen LogP contribution in [0.5, 0.6) is 0 Å². The fourth-order valence-electron chi connectivity index (χ4n) is 1.93. The lowest BCUT2D eigenvalue weighted by Crippen LogP contribution is -2.14. The van der Waals surface area contributed by atoms with Crippen molar-refractivity contribution >= 4 is 23.1 Å². The van der Waals surface area contributed by atoms with Gasteiger partial charge in [-0.1, -0.05) is 25.1 Å². The molecule has 1 aromatic heterocycles. The van der Waals surface area contributed by atoms with Crippen LogP contribution >= 0.6 is 23.1 Å². The van der Waals surface area contributed by atoms with Gasteiger partial charge in [-0.25, -0.2) is 4.98 Å². The van der Waals surface area contributed by atoms with Gasteiger partial charge in [-0.2, -0.15) is 0 Å². The Morgan fingerprint density at radius 1 is 1.29 bits per heavy atom. The van der Waals surface area contributed by atoms with Crippen LogP contribution in [0.25, 0.3) is 0 Å². The zero-order chi connectivity index (χ0) is 14.9. The Balaban J connectivity index is 1.97. The third-order valence-corrected chi connectivity index (χ3v) is 5.23.